The molecule has 0 aliphatic rings. The minimum atomic E-state index is -0.889. The maximum atomic E-state index is 13.9. The van der Waals surface area contributed by atoms with E-state index in [1.807, 2.05) is 30.3 Å². The van der Waals surface area contributed by atoms with E-state index in [-0.39, 0.29) is 12.1 Å². The molecular formula is C16H13FN2O2. The standard InChI is InChI=1S/C16H13FN2O2/c17-12-7-4-10-19-13(8-9-14(20)21)15(18-16(12)19)11-5-2-1-3-6-11/h1-7,10H,8-9H2,(H,20,21). The molecule has 0 spiro atoms. The number of carboxylic acids is 1. The maximum Gasteiger partial charge on any atom is 0.303 e. The van der Waals surface area contributed by atoms with Crippen molar-refractivity contribution in [3.63, 3.8) is 0 Å². The summed E-state index contributed by atoms with van der Waals surface area (Å²) in [5.41, 5.74) is 2.40. The molecule has 0 aliphatic heterocycles. The molecule has 3 aromatic rings. The van der Waals surface area contributed by atoms with Gasteiger partial charge in [-0.2, -0.15) is 0 Å². The van der Waals surface area contributed by atoms with Crippen molar-refractivity contribution in [1.82, 2.24) is 9.38 Å². The van der Waals surface area contributed by atoms with Crippen molar-refractivity contribution in [2.24, 2.45) is 0 Å². The first-order valence-electron chi connectivity index (χ1n) is 6.59. The number of pyridine rings is 1. The third-order valence-corrected chi connectivity index (χ3v) is 3.32. The topological polar surface area (TPSA) is 54.6 Å². The molecule has 0 saturated heterocycles. The summed E-state index contributed by atoms with van der Waals surface area (Å²) >= 11 is 0. The van der Waals surface area contributed by atoms with Gasteiger partial charge in [-0.15, -0.1) is 0 Å². The lowest BCUT2D eigenvalue weighted by molar-refractivity contribution is -0.136. The lowest BCUT2D eigenvalue weighted by Crippen LogP contribution is -2.01. The Hall–Kier alpha value is -2.69. The van der Waals surface area contributed by atoms with Gasteiger partial charge in [0.1, 0.15) is 0 Å². The van der Waals surface area contributed by atoms with Crippen LogP contribution in [0.3, 0.4) is 0 Å². The molecule has 0 saturated carbocycles. The summed E-state index contributed by atoms with van der Waals surface area (Å²) < 4.78 is 15.5. The largest absolute Gasteiger partial charge is 0.481 e. The molecule has 0 radical (unpaired) electrons. The highest BCUT2D eigenvalue weighted by Gasteiger charge is 2.16. The summed E-state index contributed by atoms with van der Waals surface area (Å²) in [6.07, 6.45) is 1.98. The van der Waals surface area contributed by atoms with Gasteiger partial charge < -0.3 is 9.51 Å². The average molecular weight is 284 g/mol. The van der Waals surface area contributed by atoms with Crippen LogP contribution in [0.25, 0.3) is 16.9 Å². The van der Waals surface area contributed by atoms with E-state index in [1.165, 1.54) is 6.07 Å². The van der Waals surface area contributed by atoms with Gasteiger partial charge >= 0.3 is 5.97 Å². The highest BCUT2D eigenvalue weighted by atomic mass is 19.1. The van der Waals surface area contributed by atoms with Gasteiger partial charge in [0.25, 0.3) is 0 Å². The number of nitrogens with zero attached hydrogens (tertiary/aromatic N) is 2. The van der Waals surface area contributed by atoms with Crippen LogP contribution in [0.15, 0.2) is 48.7 Å². The Bertz CT molecular complexity index is 797. The van der Waals surface area contributed by atoms with Crippen molar-refractivity contribution in [2.75, 3.05) is 0 Å². The number of benzene rings is 1. The van der Waals surface area contributed by atoms with Crippen molar-refractivity contribution in [3.8, 4) is 11.3 Å². The number of hydrogen-bond acceptors (Lipinski definition) is 2. The molecular weight excluding hydrogens is 271 g/mol. The molecule has 21 heavy (non-hydrogen) atoms. The summed E-state index contributed by atoms with van der Waals surface area (Å²) in [6.45, 7) is 0. The average Bonchev–Trinajstić information content (AvgIpc) is 2.86. The van der Waals surface area contributed by atoms with Gasteiger partial charge in [0.15, 0.2) is 11.5 Å². The second-order valence-electron chi connectivity index (χ2n) is 4.72. The van der Waals surface area contributed by atoms with Crippen LogP contribution >= 0.6 is 0 Å². The fraction of sp³-hybridized carbons (Fsp3) is 0.125. The first kappa shape index (κ1) is 13.3. The number of aliphatic carboxylic acids is 1. The summed E-state index contributed by atoms with van der Waals surface area (Å²) in [5.74, 6) is -1.31. The lowest BCUT2D eigenvalue weighted by Gasteiger charge is -2.04. The zero-order valence-corrected chi connectivity index (χ0v) is 11.2. The summed E-state index contributed by atoms with van der Waals surface area (Å²) in [6, 6.07) is 12.3. The number of carboxylic acid groups (broad SMARTS) is 1. The normalized spacial score (nSPS) is 10.9. The van der Waals surface area contributed by atoms with Crippen LogP contribution in [0.2, 0.25) is 0 Å². The zero-order chi connectivity index (χ0) is 14.8. The number of hydrogen-bond donors (Lipinski definition) is 1. The monoisotopic (exact) mass is 284 g/mol. The molecule has 3 rings (SSSR count). The Kier molecular flexibility index (Phi) is 3.39. The SMILES string of the molecule is O=C(O)CCc1c(-c2ccccc2)nc2c(F)cccn12. The molecule has 106 valence electrons. The number of rotatable bonds is 4. The Morgan fingerprint density at radius 3 is 2.67 bits per heavy atom. The Labute approximate surface area is 120 Å². The van der Waals surface area contributed by atoms with Crippen molar-refractivity contribution >= 4 is 11.6 Å². The molecule has 2 aromatic heterocycles. The Balaban J connectivity index is 2.20. The number of aromatic nitrogens is 2. The second kappa shape index (κ2) is 5.36. The van der Waals surface area contributed by atoms with Gasteiger partial charge in [-0.1, -0.05) is 30.3 Å². The van der Waals surface area contributed by atoms with Crippen LogP contribution in [0.4, 0.5) is 4.39 Å². The van der Waals surface area contributed by atoms with Crippen LogP contribution in [0.5, 0.6) is 0 Å². The molecule has 0 aliphatic carbocycles. The fourth-order valence-corrected chi connectivity index (χ4v) is 2.37. The van der Waals surface area contributed by atoms with Gasteiger partial charge in [0.2, 0.25) is 0 Å². The van der Waals surface area contributed by atoms with Gasteiger partial charge in [-0.05, 0) is 12.1 Å². The van der Waals surface area contributed by atoms with E-state index in [2.05, 4.69) is 4.98 Å². The minimum Gasteiger partial charge on any atom is -0.481 e. The van der Waals surface area contributed by atoms with Crippen LogP contribution in [-0.4, -0.2) is 20.5 Å². The molecule has 1 aromatic carbocycles. The van der Waals surface area contributed by atoms with Crippen molar-refractivity contribution in [3.05, 3.63) is 60.2 Å². The van der Waals surface area contributed by atoms with E-state index >= 15 is 0 Å². The zero-order valence-electron chi connectivity index (χ0n) is 11.2. The van der Waals surface area contributed by atoms with Gasteiger partial charge in [0, 0.05) is 18.2 Å². The second-order valence-corrected chi connectivity index (χ2v) is 4.72. The molecule has 5 heteroatoms. The van der Waals surface area contributed by atoms with Crippen molar-refractivity contribution in [1.29, 1.82) is 0 Å². The van der Waals surface area contributed by atoms with E-state index in [1.54, 1.807) is 16.7 Å². The number of aryl methyl sites for hydroxylation is 1. The van der Waals surface area contributed by atoms with Crippen molar-refractivity contribution in [2.45, 2.75) is 12.8 Å². The van der Waals surface area contributed by atoms with Crippen LogP contribution < -0.4 is 0 Å². The van der Waals surface area contributed by atoms with Crippen LogP contribution in [-0.2, 0) is 11.2 Å². The molecule has 0 unspecified atom stereocenters. The first-order valence-corrected chi connectivity index (χ1v) is 6.59. The number of carbonyl (C=O) groups is 1. The highest BCUT2D eigenvalue weighted by Crippen LogP contribution is 2.26. The third-order valence-electron chi connectivity index (χ3n) is 3.32. The lowest BCUT2D eigenvalue weighted by atomic mass is 10.1. The number of halogens is 1. The number of fused-ring (bicyclic) bond motifs is 1. The third kappa shape index (κ3) is 2.50. The molecule has 0 atom stereocenters. The fourth-order valence-electron chi connectivity index (χ4n) is 2.37. The van der Waals surface area contributed by atoms with E-state index in [9.17, 15) is 9.18 Å². The van der Waals surface area contributed by atoms with Crippen LogP contribution in [0.1, 0.15) is 12.1 Å². The van der Waals surface area contributed by atoms with E-state index in [0.29, 0.717) is 17.8 Å². The van der Waals surface area contributed by atoms with Crippen molar-refractivity contribution < 1.29 is 14.3 Å². The quantitative estimate of drug-likeness (QED) is 0.800. The van der Waals surface area contributed by atoms with Gasteiger partial charge in [0.05, 0.1) is 17.8 Å². The van der Waals surface area contributed by atoms with E-state index < -0.39 is 11.8 Å². The van der Waals surface area contributed by atoms with Gasteiger partial charge in [-0.3, -0.25) is 4.79 Å². The minimum absolute atomic E-state index is 0.0237. The molecule has 2 heterocycles. The highest BCUT2D eigenvalue weighted by molar-refractivity contribution is 5.70. The Morgan fingerprint density at radius 2 is 1.95 bits per heavy atom. The summed E-state index contributed by atoms with van der Waals surface area (Å²) in [5, 5.41) is 8.90. The Morgan fingerprint density at radius 1 is 1.19 bits per heavy atom. The molecule has 0 fully saturated rings. The molecule has 1 N–H and O–H groups in total. The van der Waals surface area contributed by atoms with E-state index in [0.717, 1.165) is 5.56 Å². The predicted molar refractivity (Wildman–Crippen MR) is 76.5 cm³/mol. The predicted octanol–water partition coefficient (Wildman–Crippen LogP) is 3.16. The first-order chi connectivity index (χ1) is 10.2. The smallest absolute Gasteiger partial charge is 0.303 e. The molecule has 0 bridgehead atoms. The maximum absolute atomic E-state index is 13.9. The summed E-state index contributed by atoms with van der Waals surface area (Å²) in [4.78, 5) is 15.2. The van der Waals surface area contributed by atoms with E-state index in [4.69, 9.17) is 5.11 Å². The summed E-state index contributed by atoms with van der Waals surface area (Å²) in [7, 11) is 0. The van der Waals surface area contributed by atoms with Crippen LogP contribution in [0, 0.1) is 5.82 Å². The molecule has 4 nitrogen and oxygen atoms in total. The molecule has 0 amide bonds. The number of imidazole rings is 1. The van der Waals surface area contributed by atoms with Gasteiger partial charge in [-0.25, -0.2) is 9.37 Å².